The topological polar surface area (TPSA) is 16.1 Å². The summed E-state index contributed by atoms with van der Waals surface area (Å²) in [6.07, 6.45) is 7.74. The smallest absolute Gasteiger partial charge is 0.128 e. The van der Waals surface area contributed by atoms with Gasteiger partial charge in [-0.15, -0.1) is 0 Å². The Morgan fingerprint density at radius 2 is 2.07 bits per heavy atom. The Labute approximate surface area is 91.6 Å². The number of hydrogen-bond acceptors (Lipinski definition) is 2. The summed E-state index contributed by atoms with van der Waals surface area (Å²) in [7, 11) is 0. The van der Waals surface area contributed by atoms with E-state index in [4.69, 9.17) is 0 Å². The molecule has 1 aromatic heterocycles. The first-order valence-electron chi connectivity index (χ1n) is 5.65. The average Bonchev–Trinajstić information content (AvgIpc) is 2.30. The first kappa shape index (κ1) is 10.2. The monoisotopic (exact) mass is 202 g/mol. The molecule has 2 heterocycles. The fourth-order valence-corrected chi connectivity index (χ4v) is 2.06. The summed E-state index contributed by atoms with van der Waals surface area (Å²) in [5.74, 6) is 1.12. The van der Waals surface area contributed by atoms with Crippen molar-refractivity contribution in [3.8, 4) is 0 Å². The van der Waals surface area contributed by atoms with Crippen LogP contribution >= 0.6 is 0 Å². The molecule has 0 spiro atoms. The SMILES string of the molecule is C=Cc1cnc(N2CCCCC2)cc1C. The molecule has 0 atom stereocenters. The Hall–Kier alpha value is -1.31. The van der Waals surface area contributed by atoms with Crippen LogP contribution in [0.3, 0.4) is 0 Å². The van der Waals surface area contributed by atoms with Crippen LogP contribution in [0.2, 0.25) is 0 Å². The second kappa shape index (κ2) is 4.47. The molecule has 0 bridgehead atoms. The van der Waals surface area contributed by atoms with Gasteiger partial charge in [-0.3, -0.25) is 0 Å². The molecule has 80 valence electrons. The van der Waals surface area contributed by atoms with Gasteiger partial charge in [-0.2, -0.15) is 0 Å². The molecule has 1 fully saturated rings. The van der Waals surface area contributed by atoms with Crippen molar-refractivity contribution in [3.05, 3.63) is 30.0 Å². The third-order valence-corrected chi connectivity index (χ3v) is 3.04. The van der Waals surface area contributed by atoms with Crippen molar-refractivity contribution in [2.45, 2.75) is 26.2 Å². The highest BCUT2D eigenvalue weighted by Gasteiger charge is 2.12. The maximum Gasteiger partial charge on any atom is 0.128 e. The summed E-state index contributed by atoms with van der Waals surface area (Å²) >= 11 is 0. The van der Waals surface area contributed by atoms with Gasteiger partial charge >= 0.3 is 0 Å². The molecule has 2 nitrogen and oxygen atoms in total. The van der Waals surface area contributed by atoms with Crippen molar-refractivity contribution in [1.82, 2.24) is 4.98 Å². The minimum absolute atomic E-state index is 1.12. The van der Waals surface area contributed by atoms with E-state index in [1.54, 1.807) is 0 Å². The number of piperidine rings is 1. The average molecular weight is 202 g/mol. The number of pyridine rings is 1. The molecule has 0 amide bonds. The lowest BCUT2D eigenvalue weighted by Gasteiger charge is -2.28. The van der Waals surface area contributed by atoms with Gasteiger partial charge in [-0.05, 0) is 43.4 Å². The highest BCUT2D eigenvalue weighted by molar-refractivity contribution is 5.54. The van der Waals surface area contributed by atoms with Crippen molar-refractivity contribution in [2.75, 3.05) is 18.0 Å². The predicted octanol–water partition coefficient (Wildman–Crippen LogP) is 3.02. The van der Waals surface area contributed by atoms with Crippen molar-refractivity contribution >= 4 is 11.9 Å². The van der Waals surface area contributed by atoms with Gasteiger partial charge in [0, 0.05) is 19.3 Å². The van der Waals surface area contributed by atoms with E-state index < -0.39 is 0 Å². The number of nitrogens with zero attached hydrogens (tertiary/aromatic N) is 2. The molecular weight excluding hydrogens is 184 g/mol. The fraction of sp³-hybridized carbons (Fsp3) is 0.462. The van der Waals surface area contributed by atoms with Gasteiger partial charge in [-0.1, -0.05) is 12.7 Å². The van der Waals surface area contributed by atoms with Gasteiger partial charge in [0.2, 0.25) is 0 Å². The van der Waals surface area contributed by atoms with E-state index >= 15 is 0 Å². The summed E-state index contributed by atoms with van der Waals surface area (Å²) in [5.41, 5.74) is 2.40. The molecular formula is C13H18N2. The molecule has 0 radical (unpaired) electrons. The molecule has 0 aliphatic carbocycles. The molecule has 1 aliphatic heterocycles. The van der Waals surface area contributed by atoms with Crippen molar-refractivity contribution < 1.29 is 0 Å². The van der Waals surface area contributed by atoms with Gasteiger partial charge in [0.05, 0.1) is 0 Å². The van der Waals surface area contributed by atoms with Gasteiger partial charge in [-0.25, -0.2) is 4.98 Å². The van der Waals surface area contributed by atoms with Crippen LogP contribution in [0.5, 0.6) is 0 Å². The van der Waals surface area contributed by atoms with Gasteiger partial charge < -0.3 is 4.90 Å². The first-order valence-corrected chi connectivity index (χ1v) is 5.65. The maximum absolute atomic E-state index is 4.49. The van der Waals surface area contributed by atoms with Crippen LogP contribution in [-0.2, 0) is 0 Å². The quantitative estimate of drug-likeness (QED) is 0.733. The number of anilines is 1. The lowest BCUT2D eigenvalue weighted by Crippen LogP contribution is -2.30. The molecule has 0 saturated carbocycles. The van der Waals surface area contributed by atoms with E-state index in [0.29, 0.717) is 0 Å². The Kier molecular flexibility index (Phi) is 3.05. The number of hydrogen-bond donors (Lipinski definition) is 0. The van der Waals surface area contributed by atoms with Crippen LogP contribution in [0.1, 0.15) is 30.4 Å². The normalized spacial score (nSPS) is 16.5. The summed E-state index contributed by atoms with van der Waals surface area (Å²) in [6, 6.07) is 2.17. The fourth-order valence-electron chi connectivity index (χ4n) is 2.06. The number of aromatic nitrogens is 1. The molecule has 2 rings (SSSR count). The molecule has 0 N–H and O–H groups in total. The molecule has 1 aromatic rings. The molecule has 0 aromatic carbocycles. The zero-order valence-electron chi connectivity index (χ0n) is 9.37. The summed E-state index contributed by atoms with van der Waals surface area (Å²) in [5, 5.41) is 0. The summed E-state index contributed by atoms with van der Waals surface area (Å²) < 4.78 is 0. The van der Waals surface area contributed by atoms with Crippen LogP contribution in [-0.4, -0.2) is 18.1 Å². The Balaban J connectivity index is 2.21. The van der Waals surface area contributed by atoms with Crippen molar-refractivity contribution in [2.24, 2.45) is 0 Å². The third-order valence-electron chi connectivity index (χ3n) is 3.04. The standard InChI is InChI=1S/C13H18N2/c1-3-12-10-14-13(9-11(12)2)15-7-5-4-6-8-15/h3,9-10H,1,4-8H2,2H3. The van der Waals surface area contributed by atoms with E-state index in [2.05, 4.69) is 29.5 Å². The number of aryl methyl sites for hydroxylation is 1. The van der Waals surface area contributed by atoms with Gasteiger partial charge in [0.15, 0.2) is 0 Å². The maximum atomic E-state index is 4.49. The van der Waals surface area contributed by atoms with E-state index in [9.17, 15) is 0 Å². The first-order chi connectivity index (χ1) is 7.31. The molecule has 15 heavy (non-hydrogen) atoms. The predicted molar refractivity (Wildman–Crippen MR) is 65.1 cm³/mol. The van der Waals surface area contributed by atoms with E-state index in [-0.39, 0.29) is 0 Å². The van der Waals surface area contributed by atoms with E-state index in [1.165, 1.54) is 24.8 Å². The lowest BCUT2D eigenvalue weighted by atomic mass is 10.1. The number of rotatable bonds is 2. The van der Waals surface area contributed by atoms with Crippen molar-refractivity contribution in [1.29, 1.82) is 0 Å². The van der Waals surface area contributed by atoms with Gasteiger partial charge in [0.1, 0.15) is 5.82 Å². The molecule has 1 saturated heterocycles. The second-order valence-electron chi connectivity index (χ2n) is 4.15. The molecule has 2 heteroatoms. The summed E-state index contributed by atoms with van der Waals surface area (Å²) in [4.78, 5) is 6.87. The third kappa shape index (κ3) is 2.20. The highest BCUT2D eigenvalue weighted by atomic mass is 15.2. The molecule has 1 aliphatic rings. The minimum Gasteiger partial charge on any atom is -0.357 e. The minimum atomic E-state index is 1.12. The van der Waals surface area contributed by atoms with Crippen LogP contribution in [0.25, 0.3) is 6.08 Å². The van der Waals surface area contributed by atoms with E-state index in [0.717, 1.165) is 24.5 Å². The zero-order valence-corrected chi connectivity index (χ0v) is 9.37. The van der Waals surface area contributed by atoms with Crippen LogP contribution in [0.4, 0.5) is 5.82 Å². The Morgan fingerprint density at radius 1 is 1.33 bits per heavy atom. The lowest BCUT2D eigenvalue weighted by molar-refractivity contribution is 0.573. The second-order valence-corrected chi connectivity index (χ2v) is 4.15. The highest BCUT2D eigenvalue weighted by Crippen LogP contribution is 2.20. The Morgan fingerprint density at radius 3 is 2.67 bits per heavy atom. The Bertz CT molecular complexity index is 352. The van der Waals surface area contributed by atoms with E-state index in [1.807, 2.05) is 12.3 Å². The van der Waals surface area contributed by atoms with Crippen LogP contribution in [0, 0.1) is 6.92 Å². The zero-order chi connectivity index (χ0) is 10.7. The summed E-state index contributed by atoms with van der Waals surface area (Å²) in [6.45, 7) is 8.20. The van der Waals surface area contributed by atoms with Crippen molar-refractivity contribution in [3.63, 3.8) is 0 Å². The van der Waals surface area contributed by atoms with Crippen LogP contribution in [0.15, 0.2) is 18.8 Å². The van der Waals surface area contributed by atoms with Gasteiger partial charge in [0.25, 0.3) is 0 Å². The largest absolute Gasteiger partial charge is 0.357 e. The van der Waals surface area contributed by atoms with Crippen LogP contribution < -0.4 is 4.90 Å². The molecule has 0 unspecified atom stereocenters.